The van der Waals surface area contributed by atoms with Gasteiger partial charge < -0.3 is 38.5 Å². The third-order valence-corrected chi connectivity index (χ3v) is 11.3. The number of nitrogens with zero attached hydrogens (tertiary/aromatic N) is 8. The third kappa shape index (κ3) is 11.6. The maximum absolute atomic E-state index is 13.9. The number of methoxy groups -OCH3 is 2. The van der Waals surface area contributed by atoms with Crippen molar-refractivity contribution in [3.8, 4) is 11.5 Å². The van der Waals surface area contributed by atoms with Crippen molar-refractivity contribution in [3.05, 3.63) is 141 Å². The van der Waals surface area contributed by atoms with E-state index in [1.165, 1.54) is 14.0 Å². The van der Waals surface area contributed by atoms with Crippen LogP contribution in [-0.4, -0.2) is 113 Å². The van der Waals surface area contributed by atoms with Gasteiger partial charge in [0.1, 0.15) is 34.1 Å². The Bertz CT molecular complexity index is 2660. The molecule has 0 fully saturated rings. The van der Waals surface area contributed by atoms with Crippen LogP contribution < -0.4 is 20.9 Å². The standard InChI is InChI=1S/C26H34N4O5.C24H30N4O5/c1-7-13-27(17-19-9-11-20(34-6)12-10-19)23(31)22-21-18-28(25(33)35-26(3,4)5)15-16-29(21)24(32)30(22)14-8-2;1-24(2,3)33-23(31)26-13-14-27-19(16-26)20-21(29)25(11-5-6-12-28(20)22(27)30)15-17-7-9-18(32-4)10-8-17/h7-12H,1-2,13-18H2,3-6H3;5-10H,11-16H2,1-4H3/b;6-5-. The van der Waals surface area contributed by atoms with Crippen molar-refractivity contribution < 1.29 is 38.1 Å². The Hall–Kier alpha value is -7.24. The van der Waals surface area contributed by atoms with Crippen LogP contribution in [0.15, 0.2) is 95.6 Å². The molecule has 3 aliphatic heterocycles. The summed E-state index contributed by atoms with van der Waals surface area (Å²) in [6.45, 7) is 21.8. The molecule has 18 heteroatoms. The lowest BCUT2D eigenvalue weighted by Gasteiger charge is -2.31. The molecule has 68 heavy (non-hydrogen) atoms. The quantitative estimate of drug-likeness (QED) is 0.162. The highest BCUT2D eigenvalue weighted by Gasteiger charge is 2.36. The Morgan fingerprint density at radius 2 is 1.18 bits per heavy atom. The summed E-state index contributed by atoms with van der Waals surface area (Å²) in [4.78, 5) is 85.6. The highest BCUT2D eigenvalue weighted by atomic mass is 16.6. The largest absolute Gasteiger partial charge is 0.497 e. The summed E-state index contributed by atoms with van der Waals surface area (Å²) < 4.78 is 27.6. The zero-order valence-electron chi connectivity index (χ0n) is 40.5. The van der Waals surface area contributed by atoms with Crippen LogP contribution in [0.25, 0.3) is 0 Å². The van der Waals surface area contributed by atoms with E-state index in [0.717, 1.165) is 22.6 Å². The first-order valence-corrected chi connectivity index (χ1v) is 22.6. The van der Waals surface area contributed by atoms with Gasteiger partial charge in [0.2, 0.25) is 0 Å². The van der Waals surface area contributed by atoms with E-state index in [-0.39, 0.29) is 61.6 Å². The van der Waals surface area contributed by atoms with Gasteiger partial charge in [0, 0.05) is 65.4 Å². The Morgan fingerprint density at radius 1 is 0.662 bits per heavy atom. The number of allylic oxidation sites excluding steroid dienone is 2. The maximum Gasteiger partial charge on any atom is 0.410 e. The second kappa shape index (κ2) is 21.2. The number of aromatic nitrogens is 4. The summed E-state index contributed by atoms with van der Waals surface area (Å²) >= 11 is 0. The normalized spacial score (nSPS) is 15.0. The number of amides is 4. The summed E-state index contributed by atoms with van der Waals surface area (Å²) in [5.41, 5.74) is 1.69. The van der Waals surface area contributed by atoms with Crippen LogP contribution >= 0.6 is 0 Å². The number of hydrogen-bond donors (Lipinski definition) is 0. The van der Waals surface area contributed by atoms with Crippen molar-refractivity contribution in [1.82, 2.24) is 37.9 Å². The number of carbonyl (C=O) groups is 4. The maximum atomic E-state index is 13.9. The molecular formula is C50H64N8O10. The Morgan fingerprint density at radius 3 is 1.69 bits per heavy atom. The average Bonchev–Trinajstić information content (AvgIpc) is 3.73. The number of carbonyl (C=O) groups excluding carboxylic acids is 4. The molecule has 364 valence electrons. The fourth-order valence-corrected chi connectivity index (χ4v) is 8.11. The van der Waals surface area contributed by atoms with Gasteiger partial charge in [-0.3, -0.25) is 27.9 Å². The minimum absolute atomic E-state index is 0.0971. The van der Waals surface area contributed by atoms with E-state index in [1.807, 2.05) is 81.5 Å². The molecule has 0 saturated carbocycles. The predicted molar refractivity (Wildman–Crippen MR) is 256 cm³/mol. The van der Waals surface area contributed by atoms with E-state index < -0.39 is 23.4 Å². The van der Waals surface area contributed by atoms with Crippen molar-refractivity contribution >= 4 is 24.0 Å². The molecule has 0 spiro atoms. The molecular weight excluding hydrogens is 873 g/mol. The highest BCUT2D eigenvalue weighted by Crippen LogP contribution is 2.25. The van der Waals surface area contributed by atoms with Crippen molar-refractivity contribution in [2.24, 2.45) is 0 Å². The SMILES string of the molecule is C=CCN(Cc1ccc(OC)cc1)C(=O)c1c2n(c(=O)n1CC=C)CCN(C(=O)OC(C)(C)C)C2.COc1ccc(CN2C/C=C\Cn3c(c4n(c3=O)CCN(C(=O)OC(C)(C)C)C4)C2=O)cc1. The number of rotatable bonds is 11. The monoisotopic (exact) mass is 936 g/mol. The second-order valence-electron chi connectivity index (χ2n) is 18.6. The number of hydrogen-bond acceptors (Lipinski definition) is 10. The van der Waals surface area contributed by atoms with Crippen LogP contribution in [0.1, 0.15) is 85.0 Å². The van der Waals surface area contributed by atoms with Gasteiger partial charge in [-0.15, -0.1) is 13.2 Å². The van der Waals surface area contributed by atoms with Gasteiger partial charge in [-0.2, -0.15) is 0 Å². The lowest BCUT2D eigenvalue weighted by atomic mass is 10.1. The van der Waals surface area contributed by atoms with E-state index in [1.54, 1.807) is 71.0 Å². The first-order valence-electron chi connectivity index (χ1n) is 22.6. The van der Waals surface area contributed by atoms with Crippen LogP contribution in [0, 0.1) is 0 Å². The summed E-state index contributed by atoms with van der Waals surface area (Å²) in [6, 6.07) is 15.0. The Balaban J connectivity index is 0.000000224. The first-order chi connectivity index (χ1) is 32.3. The molecule has 18 nitrogen and oxygen atoms in total. The van der Waals surface area contributed by atoms with E-state index in [9.17, 15) is 28.8 Å². The van der Waals surface area contributed by atoms with Crippen LogP contribution in [-0.2, 0) is 61.8 Å². The average molecular weight is 937 g/mol. The smallest absolute Gasteiger partial charge is 0.410 e. The fraction of sp³-hybridized carbons (Fsp3) is 0.440. The van der Waals surface area contributed by atoms with Crippen LogP contribution in [0.3, 0.4) is 0 Å². The van der Waals surface area contributed by atoms with Gasteiger partial charge in [-0.25, -0.2) is 19.2 Å². The van der Waals surface area contributed by atoms with Crippen LogP contribution in [0.2, 0.25) is 0 Å². The Kier molecular flexibility index (Phi) is 15.6. The van der Waals surface area contributed by atoms with Gasteiger partial charge >= 0.3 is 23.6 Å². The van der Waals surface area contributed by atoms with Crippen LogP contribution in [0.5, 0.6) is 11.5 Å². The molecule has 0 bridgehead atoms. The van der Waals surface area contributed by atoms with E-state index in [2.05, 4.69) is 13.2 Å². The molecule has 2 aromatic heterocycles. The third-order valence-electron chi connectivity index (χ3n) is 11.3. The van der Waals surface area contributed by atoms with Gasteiger partial charge in [0.25, 0.3) is 11.8 Å². The van der Waals surface area contributed by atoms with E-state index in [4.69, 9.17) is 18.9 Å². The molecule has 7 rings (SSSR count). The zero-order chi connectivity index (χ0) is 49.5. The van der Waals surface area contributed by atoms with Crippen molar-refractivity contribution in [3.63, 3.8) is 0 Å². The minimum atomic E-state index is -0.652. The molecule has 3 aliphatic rings. The van der Waals surface area contributed by atoms with E-state index in [0.29, 0.717) is 62.9 Å². The minimum Gasteiger partial charge on any atom is -0.497 e. The number of imidazole rings is 2. The Labute approximate surface area is 396 Å². The number of ether oxygens (including phenoxy) is 4. The number of fused-ring (bicyclic) bond motifs is 4. The highest BCUT2D eigenvalue weighted by molar-refractivity contribution is 5.95. The van der Waals surface area contributed by atoms with Crippen molar-refractivity contribution in [2.45, 2.75) is 105 Å². The fourth-order valence-electron chi connectivity index (χ4n) is 8.11. The predicted octanol–water partition coefficient (Wildman–Crippen LogP) is 6.04. The van der Waals surface area contributed by atoms with Crippen molar-refractivity contribution in [1.29, 1.82) is 0 Å². The van der Waals surface area contributed by atoms with Crippen molar-refractivity contribution in [2.75, 3.05) is 40.4 Å². The first kappa shape index (κ1) is 50.2. The molecule has 0 saturated heterocycles. The lowest BCUT2D eigenvalue weighted by Crippen LogP contribution is -2.43. The molecule has 5 heterocycles. The molecule has 2 aromatic carbocycles. The van der Waals surface area contributed by atoms with Gasteiger partial charge in [-0.05, 0) is 76.9 Å². The summed E-state index contributed by atoms with van der Waals surface area (Å²) in [5.74, 6) is 0.917. The number of benzene rings is 2. The molecule has 0 aliphatic carbocycles. The topological polar surface area (TPSA) is 172 Å². The lowest BCUT2D eigenvalue weighted by molar-refractivity contribution is 0.0187. The molecule has 0 unspecified atom stereocenters. The summed E-state index contributed by atoms with van der Waals surface area (Å²) in [6.07, 6.45) is 6.10. The summed E-state index contributed by atoms with van der Waals surface area (Å²) in [7, 11) is 3.20. The molecule has 0 N–H and O–H groups in total. The molecule has 4 aromatic rings. The molecule has 4 amide bonds. The van der Waals surface area contributed by atoms with Gasteiger partial charge in [0.15, 0.2) is 0 Å². The van der Waals surface area contributed by atoms with E-state index >= 15 is 0 Å². The van der Waals surface area contributed by atoms with Gasteiger partial charge in [-0.1, -0.05) is 48.6 Å². The molecule has 0 atom stereocenters. The zero-order valence-corrected chi connectivity index (χ0v) is 40.5. The second-order valence-corrected chi connectivity index (χ2v) is 18.6. The summed E-state index contributed by atoms with van der Waals surface area (Å²) in [5, 5.41) is 0. The molecule has 0 radical (unpaired) electrons. The van der Waals surface area contributed by atoms with Gasteiger partial charge in [0.05, 0.1) is 38.7 Å². The van der Waals surface area contributed by atoms with Crippen LogP contribution in [0.4, 0.5) is 9.59 Å².